The molecule has 0 spiro atoms. The lowest BCUT2D eigenvalue weighted by Gasteiger charge is -2.33. The molecule has 1 aromatic carbocycles. The molecule has 0 saturated carbocycles. The van der Waals surface area contributed by atoms with Gasteiger partial charge in [0.15, 0.2) is 6.29 Å². The summed E-state index contributed by atoms with van der Waals surface area (Å²) in [5.74, 6) is 0.485. The number of carbonyl (C=O) groups is 1. The second kappa shape index (κ2) is 7.01. The maximum Gasteiger partial charge on any atom is 0.265 e. The molecule has 5 nitrogen and oxygen atoms in total. The molecule has 2 aromatic rings. The number of carbonyl (C=O) groups excluding carboxylic acids is 1. The van der Waals surface area contributed by atoms with Crippen LogP contribution in [0.2, 0.25) is 0 Å². The van der Waals surface area contributed by atoms with Crippen LogP contribution in [0.3, 0.4) is 0 Å². The van der Waals surface area contributed by atoms with E-state index in [4.69, 9.17) is 9.47 Å². The van der Waals surface area contributed by atoms with E-state index in [1.54, 1.807) is 6.20 Å². The van der Waals surface area contributed by atoms with Crippen LogP contribution < -0.4 is 0 Å². The summed E-state index contributed by atoms with van der Waals surface area (Å²) in [5, 5.41) is 0.890. The van der Waals surface area contributed by atoms with Crippen molar-refractivity contribution in [1.82, 2.24) is 9.88 Å². The zero-order chi connectivity index (χ0) is 16.4. The summed E-state index contributed by atoms with van der Waals surface area (Å²) >= 11 is 1.46. The van der Waals surface area contributed by atoms with Gasteiger partial charge in [0.05, 0.1) is 19.4 Å². The quantitative estimate of drug-likeness (QED) is 0.859. The van der Waals surface area contributed by atoms with Gasteiger partial charge in [-0.2, -0.15) is 0 Å². The summed E-state index contributed by atoms with van der Waals surface area (Å²) in [7, 11) is 0. The molecule has 2 saturated heterocycles. The van der Waals surface area contributed by atoms with Crippen LogP contribution in [0, 0.1) is 5.92 Å². The Morgan fingerprint density at radius 2 is 1.83 bits per heavy atom. The van der Waals surface area contributed by atoms with E-state index in [0.717, 1.165) is 36.5 Å². The van der Waals surface area contributed by atoms with E-state index in [1.165, 1.54) is 11.3 Å². The largest absolute Gasteiger partial charge is 0.350 e. The van der Waals surface area contributed by atoms with Gasteiger partial charge in [-0.15, -0.1) is 11.3 Å². The lowest BCUT2D eigenvalue weighted by atomic mass is 9.96. The molecule has 1 aromatic heterocycles. The molecule has 3 heterocycles. The Balaban J connectivity index is 1.39. The number of ether oxygens (including phenoxy) is 2. The van der Waals surface area contributed by atoms with Crippen molar-refractivity contribution in [2.45, 2.75) is 19.1 Å². The molecule has 1 amide bonds. The number of rotatable bonds is 3. The highest BCUT2D eigenvalue weighted by molar-refractivity contribution is 7.16. The second-order valence-corrected chi connectivity index (χ2v) is 7.17. The van der Waals surface area contributed by atoms with Gasteiger partial charge in [-0.1, -0.05) is 30.3 Å². The molecule has 6 heteroatoms. The molecule has 4 rings (SSSR count). The molecule has 0 aliphatic carbocycles. The number of hydrogen-bond donors (Lipinski definition) is 0. The average molecular weight is 344 g/mol. The van der Waals surface area contributed by atoms with Gasteiger partial charge in [-0.25, -0.2) is 4.98 Å². The van der Waals surface area contributed by atoms with Crippen molar-refractivity contribution in [3.63, 3.8) is 0 Å². The number of thiazole rings is 1. The first-order valence-corrected chi connectivity index (χ1v) is 9.16. The standard InChI is InChI=1S/C18H20N2O3S/c21-17(15-12-19-16(24-15)13-4-2-1-3-5-13)20-8-6-14(7-9-20)18-22-10-11-23-18/h1-5,12,14,18H,6-11H2. The zero-order valence-electron chi connectivity index (χ0n) is 13.4. The Kier molecular flexibility index (Phi) is 4.60. The highest BCUT2D eigenvalue weighted by Crippen LogP contribution is 2.29. The second-order valence-electron chi connectivity index (χ2n) is 6.14. The summed E-state index contributed by atoms with van der Waals surface area (Å²) in [6, 6.07) is 9.97. The number of hydrogen-bond acceptors (Lipinski definition) is 5. The third kappa shape index (κ3) is 3.22. The Hall–Kier alpha value is -1.76. The monoisotopic (exact) mass is 344 g/mol. The first kappa shape index (κ1) is 15.7. The van der Waals surface area contributed by atoms with Crippen molar-refractivity contribution in [1.29, 1.82) is 0 Å². The number of likely N-dealkylation sites (tertiary alicyclic amines) is 1. The van der Waals surface area contributed by atoms with Crippen LogP contribution in [0.25, 0.3) is 10.6 Å². The summed E-state index contributed by atoms with van der Waals surface area (Å²) in [6.45, 7) is 2.89. The van der Waals surface area contributed by atoms with Crippen molar-refractivity contribution in [3.05, 3.63) is 41.4 Å². The van der Waals surface area contributed by atoms with E-state index < -0.39 is 0 Å². The Labute approximate surface area is 145 Å². The van der Waals surface area contributed by atoms with Gasteiger partial charge in [0.25, 0.3) is 5.91 Å². The summed E-state index contributed by atoms with van der Waals surface area (Å²) < 4.78 is 11.2. The van der Waals surface area contributed by atoms with Gasteiger partial charge in [0.1, 0.15) is 9.88 Å². The van der Waals surface area contributed by atoms with E-state index in [2.05, 4.69) is 4.98 Å². The Morgan fingerprint density at radius 1 is 1.12 bits per heavy atom. The third-order valence-electron chi connectivity index (χ3n) is 4.60. The topological polar surface area (TPSA) is 51.7 Å². The van der Waals surface area contributed by atoms with Crippen molar-refractivity contribution in [2.24, 2.45) is 5.92 Å². The lowest BCUT2D eigenvalue weighted by molar-refractivity contribution is -0.0956. The minimum absolute atomic E-state index is 0.0738. The highest BCUT2D eigenvalue weighted by atomic mass is 32.1. The van der Waals surface area contributed by atoms with Crippen LogP contribution >= 0.6 is 11.3 Å². The number of benzene rings is 1. The molecule has 0 N–H and O–H groups in total. The van der Waals surface area contributed by atoms with Crippen LogP contribution in [0.4, 0.5) is 0 Å². The van der Waals surface area contributed by atoms with E-state index in [9.17, 15) is 4.79 Å². The maximum absolute atomic E-state index is 12.7. The molecule has 2 fully saturated rings. The van der Waals surface area contributed by atoms with Gasteiger partial charge >= 0.3 is 0 Å². The zero-order valence-corrected chi connectivity index (χ0v) is 14.2. The smallest absolute Gasteiger partial charge is 0.265 e. The summed E-state index contributed by atoms with van der Waals surface area (Å²) in [5.41, 5.74) is 1.05. The van der Waals surface area contributed by atoms with Crippen molar-refractivity contribution < 1.29 is 14.3 Å². The fraction of sp³-hybridized carbons (Fsp3) is 0.444. The first-order valence-electron chi connectivity index (χ1n) is 8.35. The minimum atomic E-state index is -0.0738. The molecule has 2 aliphatic heterocycles. The normalized spacial score (nSPS) is 19.8. The van der Waals surface area contributed by atoms with E-state index in [1.807, 2.05) is 35.2 Å². The first-order chi connectivity index (χ1) is 11.8. The predicted molar refractivity (Wildman–Crippen MR) is 91.9 cm³/mol. The number of piperidine rings is 1. The lowest BCUT2D eigenvalue weighted by Crippen LogP contribution is -2.41. The fourth-order valence-electron chi connectivity index (χ4n) is 3.27. The molecule has 0 radical (unpaired) electrons. The van der Waals surface area contributed by atoms with E-state index >= 15 is 0 Å². The Bertz CT molecular complexity index is 689. The SMILES string of the molecule is O=C(c1cnc(-c2ccccc2)s1)N1CCC(C2OCCO2)CC1. The van der Waals surface area contributed by atoms with Gasteiger partial charge in [0, 0.05) is 24.6 Å². The summed E-state index contributed by atoms with van der Waals surface area (Å²) in [6.07, 6.45) is 3.49. The molecule has 126 valence electrons. The van der Waals surface area contributed by atoms with Crippen molar-refractivity contribution in [2.75, 3.05) is 26.3 Å². The number of aromatic nitrogens is 1. The minimum Gasteiger partial charge on any atom is -0.350 e. The molecule has 0 unspecified atom stereocenters. The number of amides is 1. The highest BCUT2D eigenvalue weighted by Gasteiger charge is 2.32. The van der Waals surface area contributed by atoms with Crippen LogP contribution in [0.5, 0.6) is 0 Å². The average Bonchev–Trinajstić information content (AvgIpc) is 3.34. The molecule has 2 aliphatic rings. The number of nitrogens with zero attached hydrogens (tertiary/aromatic N) is 2. The summed E-state index contributed by atoms with van der Waals surface area (Å²) in [4.78, 5) is 19.8. The van der Waals surface area contributed by atoms with Crippen molar-refractivity contribution in [3.8, 4) is 10.6 Å². The molecule has 0 atom stereocenters. The fourth-order valence-corrected chi connectivity index (χ4v) is 4.16. The van der Waals surface area contributed by atoms with E-state index in [-0.39, 0.29) is 12.2 Å². The third-order valence-corrected chi connectivity index (χ3v) is 5.63. The van der Waals surface area contributed by atoms with E-state index in [0.29, 0.717) is 24.0 Å². The van der Waals surface area contributed by atoms with Crippen LogP contribution in [0.1, 0.15) is 22.5 Å². The van der Waals surface area contributed by atoms with Crippen LogP contribution in [-0.2, 0) is 9.47 Å². The van der Waals surface area contributed by atoms with Crippen LogP contribution in [0.15, 0.2) is 36.5 Å². The van der Waals surface area contributed by atoms with Crippen molar-refractivity contribution >= 4 is 17.2 Å². The molecule has 24 heavy (non-hydrogen) atoms. The van der Waals surface area contributed by atoms with Gasteiger partial charge in [0.2, 0.25) is 0 Å². The van der Waals surface area contributed by atoms with Gasteiger partial charge < -0.3 is 14.4 Å². The molecular formula is C18H20N2O3S. The Morgan fingerprint density at radius 3 is 2.54 bits per heavy atom. The maximum atomic E-state index is 12.7. The predicted octanol–water partition coefficient (Wildman–Crippen LogP) is 3.04. The van der Waals surface area contributed by atoms with Gasteiger partial charge in [-0.3, -0.25) is 4.79 Å². The van der Waals surface area contributed by atoms with Crippen LogP contribution in [-0.4, -0.2) is 48.4 Å². The molecule has 0 bridgehead atoms. The van der Waals surface area contributed by atoms with Gasteiger partial charge in [-0.05, 0) is 12.8 Å². The molecular weight excluding hydrogens is 324 g/mol.